The molecule has 0 aliphatic rings. The smallest absolute Gasteiger partial charge is 0.870 e. The first-order chi connectivity index (χ1) is 25.9. The van der Waals surface area contributed by atoms with Crippen molar-refractivity contribution >= 4 is 12.4 Å². The first kappa shape index (κ1) is 86.6. The number of likely N-dealkylation sites (N-methyl/N-ethyl adjacent to an activating group) is 2. The molecule has 0 bridgehead atoms. The quantitative estimate of drug-likeness (QED) is 0.0659. The second kappa shape index (κ2) is 74.7. The molecule has 348 valence electrons. The average Bonchev–Trinajstić information content (AvgIpc) is 3.15. The van der Waals surface area contributed by atoms with Gasteiger partial charge >= 0.3 is 68.3 Å². The monoisotopic (exact) mass is 1040 g/mol. The second-order valence-electron chi connectivity index (χ2n) is 8.42. The minimum atomic E-state index is -0.105. The van der Waals surface area contributed by atoms with Crippen molar-refractivity contribution in [3.05, 3.63) is 143 Å². The average molecular weight is 1040 g/mol. The van der Waals surface area contributed by atoms with E-state index in [9.17, 15) is 10.2 Å². The third-order valence-corrected chi connectivity index (χ3v) is 5.80. The topological polar surface area (TPSA) is 511 Å². The molecule has 2 aromatic carbocycles. The molecule has 60 heavy (non-hydrogen) atoms. The summed E-state index contributed by atoms with van der Waals surface area (Å²) >= 11 is 0. The molecule has 28 nitrogen and oxygen atoms in total. The molecule has 0 aromatic heterocycles. The Morgan fingerprint density at radius 3 is 0.900 bits per heavy atom. The molecule has 2 aromatic rings. The maximum Gasteiger partial charge on any atom is 2.00 e. The molecule has 32 heteroatoms. The molecule has 0 fully saturated rings. The maximum absolute atomic E-state index is 11.8. The SMILES string of the molecule is CCN(CC)CCN=Cc1cccc(OC)c1[O-].CCN(CC)CCN=Cc1cccc(OC)c1[O-].O.O.[Cu+2].[Cu+2].[Cu+2].[Cu+2].[N-]=[N+]=[N-].[N-]=[N+]=[N-].[N-]=[N+]=[N-].[N-]=[N+]=[N-].[N-]=[N+]=[N-].[N-]=[N+]=[N-]. The summed E-state index contributed by atoms with van der Waals surface area (Å²) in [6, 6.07) is 10.4. The van der Waals surface area contributed by atoms with E-state index in [-0.39, 0.29) is 90.7 Å². The van der Waals surface area contributed by atoms with Gasteiger partial charge in [0.2, 0.25) is 0 Å². The number of para-hydroxylation sites is 2. The van der Waals surface area contributed by atoms with Crippen LogP contribution in [0.15, 0.2) is 46.4 Å². The van der Waals surface area contributed by atoms with Crippen molar-refractivity contribution in [1.82, 2.24) is 9.80 Å². The Labute approximate surface area is 389 Å². The molecule has 0 aliphatic heterocycles. The van der Waals surface area contributed by atoms with Gasteiger partial charge < -0.3 is 107 Å². The van der Waals surface area contributed by atoms with Crippen LogP contribution in [0.1, 0.15) is 38.8 Å². The van der Waals surface area contributed by atoms with Gasteiger partial charge in [0.25, 0.3) is 0 Å². The van der Waals surface area contributed by atoms with Gasteiger partial charge in [-0.05, 0) is 49.4 Å². The van der Waals surface area contributed by atoms with Crippen molar-refractivity contribution in [3.8, 4) is 23.0 Å². The van der Waals surface area contributed by atoms with E-state index in [0.29, 0.717) is 35.7 Å². The third-order valence-electron chi connectivity index (χ3n) is 5.80. The summed E-state index contributed by atoms with van der Waals surface area (Å²) in [5, 5.41) is 23.6. The predicted octanol–water partition coefficient (Wildman–Crippen LogP) is 6.60. The zero-order valence-corrected chi connectivity index (χ0v) is 36.7. The van der Waals surface area contributed by atoms with E-state index < -0.39 is 0 Å². The molecule has 0 atom stereocenters. The van der Waals surface area contributed by atoms with Gasteiger partial charge in [0.05, 0.1) is 27.3 Å². The van der Waals surface area contributed by atoms with Crippen molar-refractivity contribution in [1.29, 1.82) is 0 Å². The molecule has 0 unspecified atom stereocenters. The van der Waals surface area contributed by atoms with E-state index in [0.717, 1.165) is 39.3 Å². The fraction of sp³-hybridized carbons (Fsp3) is 0.500. The first-order valence-electron chi connectivity index (χ1n) is 15.0. The van der Waals surface area contributed by atoms with E-state index >= 15 is 0 Å². The summed E-state index contributed by atoms with van der Waals surface area (Å²) in [6.45, 7) is 15.9. The van der Waals surface area contributed by atoms with Crippen molar-refractivity contribution in [2.45, 2.75) is 27.7 Å². The van der Waals surface area contributed by atoms with Gasteiger partial charge in [0, 0.05) is 25.5 Å². The standard InChI is InChI=1S/2C14H22N2O2.4Cu.6N3.2H2O/c2*1-4-16(5-2)10-9-15-11-12-7-6-8-13(18-3)14(12)17;;;;;6*1-3-2;;/h2*6-8,11,17H,4-5,9-10H2,1-3H3;;;;;;;;;;;2*1H2/q;;4*+2;6*-1;;/p-2. The summed E-state index contributed by atoms with van der Waals surface area (Å²) in [7, 11) is 3.00. The molecular weight excluding hydrogens is 995 g/mol. The maximum atomic E-state index is 11.8. The molecule has 0 spiro atoms. The van der Waals surface area contributed by atoms with Crippen molar-refractivity contribution in [2.24, 2.45) is 9.98 Å². The normalized spacial score (nSPS) is 7.60. The number of methoxy groups -OCH3 is 2. The zero-order chi connectivity index (χ0) is 43.0. The van der Waals surface area contributed by atoms with E-state index in [2.05, 4.69) is 47.5 Å². The van der Waals surface area contributed by atoms with Crippen LogP contribution in [0.2, 0.25) is 0 Å². The number of nitrogens with zero attached hydrogens (tertiary/aromatic N) is 22. The second-order valence-corrected chi connectivity index (χ2v) is 8.42. The summed E-state index contributed by atoms with van der Waals surface area (Å²) in [5.41, 5.74) is 82.2. The summed E-state index contributed by atoms with van der Waals surface area (Å²) in [4.78, 5) is 22.2. The van der Waals surface area contributed by atoms with Gasteiger partial charge in [0.1, 0.15) is 11.5 Å². The molecule has 2 rings (SSSR count). The summed E-state index contributed by atoms with van der Waals surface area (Å²) in [6.07, 6.45) is 3.27. The Balaban J connectivity index is -0.0000000512. The molecule has 0 saturated carbocycles. The van der Waals surface area contributed by atoms with Crippen LogP contribution >= 0.6 is 0 Å². The van der Waals surface area contributed by atoms with Gasteiger partial charge in [-0.3, -0.25) is 39.5 Å². The van der Waals surface area contributed by atoms with Crippen LogP contribution in [0.5, 0.6) is 23.0 Å². The van der Waals surface area contributed by atoms with Crippen molar-refractivity contribution in [2.75, 3.05) is 66.6 Å². The van der Waals surface area contributed by atoms with Crippen LogP contribution < -0.4 is 19.7 Å². The van der Waals surface area contributed by atoms with Gasteiger partial charge in [0.15, 0.2) is 0 Å². The minimum Gasteiger partial charge on any atom is -0.870 e. The Hall–Kier alpha value is -5.24. The van der Waals surface area contributed by atoms with E-state index in [1.54, 1.807) is 48.8 Å². The third kappa shape index (κ3) is 59.4. The zero-order valence-electron chi connectivity index (χ0n) is 33.0. The van der Waals surface area contributed by atoms with Gasteiger partial charge in [-0.1, -0.05) is 63.5 Å². The summed E-state index contributed by atoms with van der Waals surface area (Å²) in [5.74, 6) is 0.517. The Morgan fingerprint density at radius 1 is 0.500 bits per heavy atom. The van der Waals surface area contributed by atoms with E-state index in [1.165, 1.54) is 43.7 Å². The number of hydrogen-bond acceptors (Lipinski definition) is 8. The van der Waals surface area contributed by atoms with Crippen LogP contribution in [-0.4, -0.2) is 99.8 Å². The molecular formula is C28H46Cu4N22O6. The van der Waals surface area contributed by atoms with Crippen molar-refractivity contribution < 1.29 is 98.9 Å². The van der Waals surface area contributed by atoms with E-state index in [4.69, 9.17) is 75.8 Å². The minimum absolute atomic E-state index is 0. The van der Waals surface area contributed by atoms with Gasteiger partial charge in [-0.15, -0.1) is 0 Å². The van der Waals surface area contributed by atoms with Crippen molar-refractivity contribution in [3.63, 3.8) is 0 Å². The number of aliphatic imine (C=N–C) groups is 2. The Bertz CT molecular complexity index is 1330. The number of ether oxygens (including phenoxy) is 2. The fourth-order valence-corrected chi connectivity index (χ4v) is 3.39. The van der Waals surface area contributed by atoms with E-state index in [1.807, 2.05) is 0 Å². The molecule has 0 amide bonds. The van der Waals surface area contributed by atoms with Crippen LogP contribution in [0.4, 0.5) is 0 Å². The number of hydrogen-bond donors (Lipinski definition) is 0. The van der Waals surface area contributed by atoms with Crippen LogP contribution in [0.25, 0.3) is 95.8 Å². The number of benzene rings is 2. The molecule has 0 saturated heterocycles. The first-order valence-corrected chi connectivity index (χ1v) is 15.0. The van der Waals surface area contributed by atoms with Gasteiger partial charge in [-0.25, -0.2) is 0 Å². The Kier molecular flexibility index (Phi) is 108. The van der Waals surface area contributed by atoms with Gasteiger partial charge in [-0.2, -0.15) is 0 Å². The largest absolute Gasteiger partial charge is 2.00 e. The van der Waals surface area contributed by atoms with Crippen LogP contribution in [-0.2, 0) is 68.3 Å². The predicted molar refractivity (Wildman–Crippen MR) is 213 cm³/mol. The molecule has 0 aliphatic carbocycles. The van der Waals surface area contributed by atoms with Crippen LogP contribution in [0, 0.1) is 0 Å². The summed E-state index contributed by atoms with van der Waals surface area (Å²) < 4.78 is 9.97. The molecule has 0 heterocycles. The van der Waals surface area contributed by atoms with Crippen LogP contribution in [0.3, 0.4) is 0 Å². The number of rotatable bonds is 14. The molecule has 4 N–H and O–H groups in total. The fourth-order valence-electron chi connectivity index (χ4n) is 3.39. The Morgan fingerprint density at radius 2 is 0.717 bits per heavy atom. The molecule has 4 radical (unpaired) electrons.